The minimum atomic E-state index is -0.0280. The Kier molecular flexibility index (Phi) is 6.16. The van der Waals surface area contributed by atoms with Crippen molar-refractivity contribution >= 4 is 17.5 Å². The van der Waals surface area contributed by atoms with Gasteiger partial charge in [-0.05, 0) is 50.8 Å². The molecule has 1 aromatic rings. The van der Waals surface area contributed by atoms with Gasteiger partial charge in [0.05, 0.1) is 0 Å². The minimum absolute atomic E-state index is 0.0103. The molecule has 2 amide bonds. The molecule has 0 spiro atoms. The number of rotatable bonds is 6. The number of carbonyl (C=O) groups is 2. The molecule has 0 aliphatic heterocycles. The number of nitrogens with two attached hydrogens (primary N) is 1. The van der Waals surface area contributed by atoms with Gasteiger partial charge in [-0.25, -0.2) is 0 Å². The molecule has 1 fully saturated rings. The maximum atomic E-state index is 12.4. The van der Waals surface area contributed by atoms with Crippen LogP contribution in [0.5, 0.6) is 0 Å². The Morgan fingerprint density at radius 1 is 1.26 bits per heavy atom. The Labute approximate surface area is 138 Å². The van der Waals surface area contributed by atoms with Crippen molar-refractivity contribution in [2.24, 2.45) is 11.7 Å². The van der Waals surface area contributed by atoms with Crippen molar-refractivity contribution in [2.75, 3.05) is 18.4 Å². The number of hydrogen-bond donors (Lipinski definition) is 2. The third kappa shape index (κ3) is 4.55. The summed E-state index contributed by atoms with van der Waals surface area (Å²) in [4.78, 5) is 26.3. The molecule has 3 N–H and O–H groups in total. The van der Waals surface area contributed by atoms with E-state index in [4.69, 9.17) is 5.73 Å². The molecule has 1 saturated carbocycles. The third-order valence-electron chi connectivity index (χ3n) is 4.61. The van der Waals surface area contributed by atoms with Gasteiger partial charge in [0, 0.05) is 36.8 Å². The first-order valence-corrected chi connectivity index (χ1v) is 8.49. The first-order valence-electron chi connectivity index (χ1n) is 8.49. The second-order valence-electron chi connectivity index (χ2n) is 6.17. The zero-order valence-corrected chi connectivity index (χ0v) is 14.0. The number of anilines is 1. The van der Waals surface area contributed by atoms with Gasteiger partial charge in [-0.3, -0.25) is 9.59 Å². The summed E-state index contributed by atoms with van der Waals surface area (Å²) in [5, 5.41) is 2.89. The van der Waals surface area contributed by atoms with Crippen LogP contribution < -0.4 is 11.1 Å². The van der Waals surface area contributed by atoms with E-state index in [0.717, 1.165) is 19.3 Å². The topological polar surface area (TPSA) is 75.4 Å². The molecule has 0 saturated heterocycles. The van der Waals surface area contributed by atoms with E-state index in [1.54, 1.807) is 23.1 Å². The highest BCUT2D eigenvalue weighted by Gasteiger charge is 2.26. The van der Waals surface area contributed by atoms with Crippen LogP contribution in [-0.2, 0) is 4.79 Å². The largest absolute Gasteiger partial charge is 0.339 e. The second kappa shape index (κ2) is 8.11. The molecule has 5 heteroatoms. The lowest BCUT2D eigenvalue weighted by atomic mass is 10.00. The lowest BCUT2D eigenvalue weighted by molar-refractivity contribution is -0.117. The lowest BCUT2D eigenvalue weighted by Crippen LogP contribution is -2.30. The van der Waals surface area contributed by atoms with Crippen molar-refractivity contribution in [3.05, 3.63) is 29.8 Å². The van der Waals surface area contributed by atoms with Gasteiger partial charge >= 0.3 is 0 Å². The second-order valence-corrected chi connectivity index (χ2v) is 6.17. The van der Waals surface area contributed by atoms with Crippen LogP contribution in [0, 0.1) is 5.92 Å². The molecule has 1 aromatic carbocycles. The van der Waals surface area contributed by atoms with E-state index >= 15 is 0 Å². The zero-order chi connectivity index (χ0) is 16.8. The summed E-state index contributed by atoms with van der Waals surface area (Å²) in [5.41, 5.74) is 7.29. The Morgan fingerprint density at radius 3 is 2.61 bits per heavy atom. The van der Waals surface area contributed by atoms with Gasteiger partial charge < -0.3 is 16.0 Å². The van der Waals surface area contributed by atoms with Crippen molar-refractivity contribution in [3.63, 3.8) is 0 Å². The van der Waals surface area contributed by atoms with E-state index in [9.17, 15) is 9.59 Å². The number of amides is 2. The van der Waals surface area contributed by atoms with Crippen molar-refractivity contribution in [2.45, 2.75) is 45.6 Å². The predicted molar refractivity (Wildman–Crippen MR) is 92.3 cm³/mol. The number of nitrogens with one attached hydrogen (secondary N) is 1. The summed E-state index contributed by atoms with van der Waals surface area (Å²) in [6.07, 6.45) is 3.59. The summed E-state index contributed by atoms with van der Waals surface area (Å²) < 4.78 is 0. The van der Waals surface area contributed by atoms with Crippen LogP contribution in [0.1, 0.15) is 49.9 Å². The van der Waals surface area contributed by atoms with Gasteiger partial charge in [0.15, 0.2) is 0 Å². The van der Waals surface area contributed by atoms with Crippen LogP contribution in [-0.4, -0.2) is 35.8 Å². The first-order chi connectivity index (χ1) is 11.0. The average Bonchev–Trinajstić information content (AvgIpc) is 2.93. The lowest BCUT2D eigenvalue weighted by Gasteiger charge is -2.19. The van der Waals surface area contributed by atoms with Crippen LogP contribution in [0.4, 0.5) is 5.69 Å². The molecular formula is C18H27N3O2. The summed E-state index contributed by atoms with van der Waals surface area (Å²) in [7, 11) is 0. The standard InChI is InChI=1S/C18H27N3O2/c1-3-21(4-2)18(23)14-8-5-9-15(11-14)20-17(22)12-13-7-6-10-16(13)19/h5,8-9,11,13,16H,3-4,6-7,10,12,19H2,1-2H3,(H,20,22)/t13-,16+/m0/s1. The quantitative estimate of drug-likeness (QED) is 0.847. The fourth-order valence-electron chi connectivity index (χ4n) is 3.19. The highest BCUT2D eigenvalue weighted by atomic mass is 16.2. The fraction of sp³-hybridized carbons (Fsp3) is 0.556. The molecule has 0 aromatic heterocycles. The molecule has 1 aliphatic rings. The number of hydrogen-bond acceptors (Lipinski definition) is 3. The molecule has 2 atom stereocenters. The van der Waals surface area contributed by atoms with Crippen molar-refractivity contribution < 1.29 is 9.59 Å². The fourth-order valence-corrected chi connectivity index (χ4v) is 3.19. The van der Waals surface area contributed by atoms with Crippen LogP contribution in [0.2, 0.25) is 0 Å². The Morgan fingerprint density at radius 2 is 2.00 bits per heavy atom. The summed E-state index contributed by atoms with van der Waals surface area (Å²) in [5.74, 6) is 0.235. The van der Waals surface area contributed by atoms with E-state index < -0.39 is 0 Å². The van der Waals surface area contributed by atoms with E-state index in [2.05, 4.69) is 5.32 Å². The van der Waals surface area contributed by atoms with Crippen LogP contribution in [0.15, 0.2) is 24.3 Å². The van der Waals surface area contributed by atoms with E-state index in [0.29, 0.717) is 30.8 Å². The molecule has 23 heavy (non-hydrogen) atoms. The normalized spacial score (nSPS) is 20.3. The van der Waals surface area contributed by atoms with Gasteiger partial charge in [-0.15, -0.1) is 0 Å². The van der Waals surface area contributed by atoms with Crippen molar-refractivity contribution in [1.82, 2.24) is 4.90 Å². The Hall–Kier alpha value is -1.88. The highest BCUT2D eigenvalue weighted by Crippen LogP contribution is 2.27. The van der Waals surface area contributed by atoms with Crippen LogP contribution >= 0.6 is 0 Å². The number of carbonyl (C=O) groups excluding carboxylic acids is 2. The van der Waals surface area contributed by atoms with Gasteiger partial charge in [0.25, 0.3) is 5.91 Å². The monoisotopic (exact) mass is 317 g/mol. The average molecular weight is 317 g/mol. The Balaban J connectivity index is 1.99. The van der Waals surface area contributed by atoms with Gasteiger partial charge in [0.2, 0.25) is 5.91 Å². The third-order valence-corrected chi connectivity index (χ3v) is 4.61. The molecular weight excluding hydrogens is 290 g/mol. The molecule has 5 nitrogen and oxygen atoms in total. The molecule has 0 unspecified atom stereocenters. The van der Waals surface area contributed by atoms with E-state index in [1.165, 1.54) is 0 Å². The van der Waals surface area contributed by atoms with E-state index in [1.807, 2.05) is 19.9 Å². The summed E-state index contributed by atoms with van der Waals surface area (Å²) in [6, 6.07) is 7.27. The molecule has 1 aliphatic carbocycles. The smallest absolute Gasteiger partial charge is 0.253 e. The van der Waals surface area contributed by atoms with E-state index in [-0.39, 0.29) is 23.8 Å². The van der Waals surface area contributed by atoms with Crippen molar-refractivity contribution in [3.8, 4) is 0 Å². The zero-order valence-electron chi connectivity index (χ0n) is 14.0. The summed E-state index contributed by atoms with van der Waals surface area (Å²) >= 11 is 0. The van der Waals surface area contributed by atoms with Crippen LogP contribution in [0.25, 0.3) is 0 Å². The van der Waals surface area contributed by atoms with Gasteiger partial charge in [-0.1, -0.05) is 12.5 Å². The minimum Gasteiger partial charge on any atom is -0.339 e. The summed E-state index contributed by atoms with van der Waals surface area (Å²) in [6.45, 7) is 5.26. The molecule has 126 valence electrons. The first kappa shape index (κ1) is 17.5. The van der Waals surface area contributed by atoms with Crippen molar-refractivity contribution in [1.29, 1.82) is 0 Å². The SMILES string of the molecule is CCN(CC)C(=O)c1cccc(NC(=O)C[C@@H]2CCC[C@H]2N)c1. The van der Waals surface area contributed by atoms with Gasteiger partial charge in [0.1, 0.15) is 0 Å². The van der Waals surface area contributed by atoms with Crippen LogP contribution in [0.3, 0.4) is 0 Å². The molecule has 2 rings (SSSR count). The Bertz CT molecular complexity index is 555. The molecule has 0 radical (unpaired) electrons. The predicted octanol–water partition coefficient (Wildman–Crippen LogP) is 2.62. The number of nitrogens with zero attached hydrogens (tertiary/aromatic N) is 1. The number of benzene rings is 1. The molecule has 0 heterocycles. The molecule has 0 bridgehead atoms. The highest BCUT2D eigenvalue weighted by molar-refractivity contribution is 5.97. The maximum absolute atomic E-state index is 12.4. The maximum Gasteiger partial charge on any atom is 0.253 e. The van der Waals surface area contributed by atoms with Gasteiger partial charge in [-0.2, -0.15) is 0 Å².